The Kier molecular flexibility index (Phi) is 11.1. The van der Waals surface area contributed by atoms with Gasteiger partial charge in [0.05, 0.1) is 49.3 Å². The number of ether oxygens (including phenoxy) is 6. The number of halogens is 1. The minimum Gasteiger partial charge on any atom is -0.493 e. The number of hydrogen-bond donors (Lipinski definition) is 0. The molecule has 1 aliphatic rings. The van der Waals surface area contributed by atoms with E-state index >= 15 is 0 Å². The highest BCUT2D eigenvalue weighted by atomic mass is 32.1. The van der Waals surface area contributed by atoms with E-state index in [0.717, 1.165) is 16.9 Å². The SMILES string of the molecule is CCOC(=O)C1=C(C)N=c2s/c(=C/c3cccc(OC)c3OCc3ccc(F)cc3)c(=O)n2[C@@H]1c1ccc(OCC(=O)OC)c(OCC)c1. The highest BCUT2D eigenvalue weighted by Gasteiger charge is 2.34. The summed E-state index contributed by atoms with van der Waals surface area (Å²) < 4.78 is 48.5. The molecule has 0 spiro atoms. The number of carbonyl (C=O) groups excluding carboxylic acids is 2. The average Bonchev–Trinajstić information content (AvgIpc) is 3.40. The summed E-state index contributed by atoms with van der Waals surface area (Å²) in [5, 5.41) is 0. The molecular weight excluding hydrogens is 655 g/mol. The summed E-state index contributed by atoms with van der Waals surface area (Å²) in [5.74, 6) is -0.105. The van der Waals surface area contributed by atoms with Crippen molar-refractivity contribution in [1.29, 1.82) is 0 Å². The number of carbonyl (C=O) groups is 2. The smallest absolute Gasteiger partial charge is 0.343 e. The van der Waals surface area contributed by atoms with Crippen LogP contribution in [0.15, 0.2) is 81.7 Å². The van der Waals surface area contributed by atoms with Gasteiger partial charge in [-0.2, -0.15) is 0 Å². The van der Waals surface area contributed by atoms with Gasteiger partial charge in [0.1, 0.15) is 12.4 Å². The van der Waals surface area contributed by atoms with Gasteiger partial charge in [-0.05, 0) is 68.3 Å². The van der Waals surface area contributed by atoms with Crippen molar-refractivity contribution < 1.29 is 42.4 Å². The molecule has 3 aromatic carbocycles. The Hall–Kier alpha value is -5.43. The van der Waals surface area contributed by atoms with Crippen LogP contribution in [0.1, 0.15) is 43.5 Å². The van der Waals surface area contributed by atoms with Crippen molar-refractivity contribution in [3.05, 3.63) is 114 Å². The molecule has 49 heavy (non-hydrogen) atoms. The summed E-state index contributed by atoms with van der Waals surface area (Å²) in [6.07, 6.45) is 1.68. The molecule has 0 radical (unpaired) electrons. The molecule has 11 nitrogen and oxygen atoms in total. The molecule has 1 aromatic heterocycles. The molecule has 0 bridgehead atoms. The molecule has 5 rings (SSSR count). The van der Waals surface area contributed by atoms with Gasteiger partial charge in [-0.25, -0.2) is 19.0 Å². The zero-order chi connectivity index (χ0) is 35.1. The summed E-state index contributed by atoms with van der Waals surface area (Å²) in [4.78, 5) is 44.5. The van der Waals surface area contributed by atoms with Crippen molar-refractivity contribution in [2.24, 2.45) is 4.99 Å². The van der Waals surface area contributed by atoms with Crippen molar-refractivity contribution in [1.82, 2.24) is 4.57 Å². The lowest BCUT2D eigenvalue weighted by atomic mass is 9.95. The Morgan fingerprint density at radius 3 is 2.43 bits per heavy atom. The van der Waals surface area contributed by atoms with Crippen LogP contribution in [0.4, 0.5) is 4.39 Å². The largest absolute Gasteiger partial charge is 0.493 e. The summed E-state index contributed by atoms with van der Waals surface area (Å²) in [5.41, 5.74) is 2.02. The van der Waals surface area contributed by atoms with E-state index in [0.29, 0.717) is 43.4 Å². The molecule has 0 saturated carbocycles. The van der Waals surface area contributed by atoms with Crippen LogP contribution < -0.4 is 33.8 Å². The van der Waals surface area contributed by atoms with E-state index in [1.54, 1.807) is 75.4 Å². The molecule has 0 N–H and O–H groups in total. The lowest BCUT2D eigenvalue weighted by Crippen LogP contribution is -2.40. The lowest BCUT2D eigenvalue weighted by molar-refractivity contribution is -0.143. The van der Waals surface area contributed by atoms with Crippen LogP contribution in [0.3, 0.4) is 0 Å². The fourth-order valence-electron chi connectivity index (χ4n) is 5.22. The van der Waals surface area contributed by atoms with Gasteiger partial charge in [-0.1, -0.05) is 41.7 Å². The standard InChI is InChI=1S/C36H35FN2O9S/c1-6-45-28-17-23(13-16-26(28)47-20-30(40)44-5)32-31(35(42)46-7-2)21(3)38-36-39(32)34(41)29(49-36)18-24-9-8-10-27(43-4)33(24)48-19-22-11-14-25(37)15-12-22/h8-18,32H,6-7,19-20H2,1-5H3/b29-18+/t32-/m1/s1. The zero-order valence-electron chi connectivity index (χ0n) is 27.6. The van der Waals surface area contributed by atoms with E-state index in [9.17, 15) is 18.8 Å². The monoisotopic (exact) mass is 690 g/mol. The van der Waals surface area contributed by atoms with Crippen molar-refractivity contribution in [2.75, 3.05) is 34.0 Å². The van der Waals surface area contributed by atoms with Crippen LogP contribution in [-0.4, -0.2) is 50.5 Å². The maximum Gasteiger partial charge on any atom is 0.343 e. The maximum absolute atomic E-state index is 14.3. The third-order valence-electron chi connectivity index (χ3n) is 7.49. The fourth-order valence-corrected chi connectivity index (χ4v) is 6.26. The first kappa shape index (κ1) is 34.9. The van der Waals surface area contributed by atoms with Crippen LogP contribution >= 0.6 is 11.3 Å². The second kappa shape index (κ2) is 15.6. The van der Waals surface area contributed by atoms with Gasteiger partial charge in [0.15, 0.2) is 34.4 Å². The Labute approximate surface area is 285 Å². The lowest BCUT2D eigenvalue weighted by Gasteiger charge is -2.25. The second-order valence-corrected chi connectivity index (χ2v) is 11.6. The minimum absolute atomic E-state index is 0.119. The molecule has 1 aliphatic heterocycles. The molecule has 1 atom stereocenters. The van der Waals surface area contributed by atoms with Crippen LogP contribution in [0, 0.1) is 5.82 Å². The van der Waals surface area contributed by atoms with E-state index in [-0.39, 0.29) is 43.6 Å². The molecule has 0 saturated heterocycles. The van der Waals surface area contributed by atoms with Crippen LogP contribution in [0.25, 0.3) is 6.08 Å². The third-order valence-corrected chi connectivity index (χ3v) is 8.47. The van der Waals surface area contributed by atoms with E-state index < -0.39 is 23.5 Å². The number of rotatable bonds is 13. The van der Waals surface area contributed by atoms with Gasteiger partial charge >= 0.3 is 11.9 Å². The number of methoxy groups -OCH3 is 2. The summed E-state index contributed by atoms with van der Waals surface area (Å²) >= 11 is 1.15. The average molecular weight is 691 g/mol. The number of aromatic nitrogens is 1. The molecule has 13 heteroatoms. The summed E-state index contributed by atoms with van der Waals surface area (Å²) in [7, 11) is 2.77. The van der Waals surface area contributed by atoms with Crippen LogP contribution in [0.2, 0.25) is 0 Å². The minimum atomic E-state index is -0.925. The molecule has 256 valence electrons. The highest BCUT2D eigenvalue weighted by molar-refractivity contribution is 7.07. The van der Waals surface area contributed by atoms with Gasteiger partial charge in [-0.15, -0.1) is 0 Å². The summed E-state index contributed by atoms with van der Waals surface area (Å²) in [6, 6.07) is 15.3. The van der Waals surface area contributed by atoms with Crippen molar-refractivity contribution in [3.63, 3.8) is 0 Å². The van der Waals surface area contributed by atoms with Crippen molar-refractivity contribution in [2.45, 2.75) is 33.4 Å². The number of esters is 2. The van der Waals surface area contributed by atoms with Gasteiger partial charge in [0, 0.05) is 5.56 Å². The number of thiazole rings is 1. The highest BCUT2D eigenvalue weighted by Crippen LogP contribution is 2.37. The fraction of sp³-hybridized carbons (Fsp3) is 0.278. The maximum atomic E-state index is 14.3. The van der Waals surface area contributed by atoms with E-state index in [4.69, 9.17) is 23.7 Å². The van der Waals surface area contributed by atoms with Gasteiger partial charge in [0.25, 0.3) is 5.56 Å². The van der Waals surface area contributed by atoms with E-state index in [1.165, 1.54) is 30.9 Å². The van der Waals surface area contributed by atoms with Gasteiger partial charge in [-0.3, -0.25) is 9.36 Å². The Balaban J connectivity index is 1.63. The van der Waals surface area contributed by atoms with E-state index in [1.807, 2.05) is 0 Å². The number of fused-ring (bicyclic) bond motifs is 1. The number of nitrogens with zero attached hydrogens (tertiary/aromatic N) is 2. The Morgan fingerprint density at radius 2 is 1.73 bits per heavy atom. The van der Waals surface area contributed by atoms with Crippen LogP contribution in [0.5, 0.6) is 23.0 Å². The number of allylic oxidation sites excluding steroid dienone is 1. The van der Waals surface area contributed by atoms with Gasteiger partial charge in [0.2, 0.25) is 0 Å². The number of para-hydroxylation sites is 1. The number of benzene rings is 3. The zero-order valence-corrected chi connectivity index (χ0v) is 28.4. The normalized spacial score (nSPS) is 14.1. The molecule has 2 heterocycles. The van der Waals surface area contributed by atoms with Crippen LogP contribution in [-0.2, 0) is 25.7 Å². The first-order chi connectivity index (χ1) is 23.7. The predicted molar refractivity (Wildman–Crippen MR) is 179 cm³/mol. The molecule has 4 aromatic rings. The molecule has 0 amide bonds. The van der Waals surface area contributed by atoms with Gasteiger partial charge < -0.3 is 28.4 Å². The first-order valence-electron chi connectivity index (χ1n) is 15.4. The quantitative estimate of drug-likeness (QED) is 0.187. The molecule has 0 fully saturated rings. The van der Waals surface area contributed by atoms with Crippen molar-refractivity contribution >= 4 is 29.4 Å². The molecule has 0 unspecified atom stereocenters. The number of hydrogen-bond acceptors (Lipinski definition) is 11. The predicted octanol–water partition coefficient (Wildman–Crippen LogP) is 4.48. The first-order valence-corrected chi connectivity index (χ1v) is 16.2. The molecular formula is C36H35FN2O9S. The van der Waals surface area contributed by atoms with E-state index in [2.05, 4.69) is 9.73 Å². The topological polar surface area (TPSA) is 124 Å². The summed E-state index contributed by atoms with van der Waals surface area (Å²) in [6.45, 7) is 5.38. The molecule has 0 aliphatic carbocycles. The van der Waals surface area contributed by atoms with Crippen molar-refractivity contribution in [3.8, 4) is 23.0 Å². The Morgan fingerprint density at radius 1 is 0.959 bits per heavy atom. The second-order valence-electron chi connectivity index (χ2n) is 10.6. The third kappa shape index (κ3) is 7.67. The Bertz CT molecular complexity index is 2070.